The molecule has 0 bridgehead atoms. The molecule has 3 aromatic heterocycles. The van der Waals surface area contributed by atoms with E-state index < -0.39 is 0 Å². The maximum Gasteiger partial charge on any atom is 0.234 e. The number of pyridine rings is 1. The molecule has 9 nitrogen and oxygen atoms in total. The summed E-state index contributed by atoms with van der Waals surface area (Å²) in [6.07, 6.45) is 3.86. The fourth-order valence-electron chi connectivity index (χ4n) is 3.34. The lowest BCUT2D eigenvalue weighted by atomic mass is 10.1. The van der Waals surface area contributed by atoms with Crippen molar-refractivity contribution in [2.75, 3.05) is 11.1 Å². The molecule has 0 atom stereocenters. The van der Waals surface area contributed by atoms with Crippen molar-refractivity contribution < 1.29 is 9.59 Å². The van der Waals surface area contributed by atoms with E-state index in [-0.39, 0.29) is 17.4 Å². The van der Waals surface area contributed by atoms with E-state index >= 15 is 0 Å². The molecule has 4 rings (SSSR count). The van der Waals surface area contributed by atoms with Crippen LogP contribution in [0, 0.1) is 0 Å². The number of amides is 1. The smallest absolute Gasteiger partial charge is 0.234 e. The molecule has 3 heterocycles. The lowest BCUT2D eigenvalue weighted by Crippen LogP contribution is -2.14. The topological polar surface area (TPSA) is 108 Å². The predicted molar refractivity (Wildman–Crippen MR) is 123 cm³/mol. The molecule has 0 fully saturated rings. The zero-order valence-corrected chi connectivity index (χ0v) is 18.9. The Hall–Kier alpha value is -3.53. The Morgan fingerprint density at radius 2 is 1.91 bits per heavy atom. The molecule has 0 aliphatic heterocycles. The van der Waals surface area contributed by atoms with Crippen LogP contribution < -0.4 is 5.32 Å². The van der Waals surface area contributed by atoms with E-state index in [0.29, 0.717) is 35.3 Å². The average molecular weight is 450 g/mol. The van der Waals surface area contributed by atoms with Crippen LogP contribution in [-0.4, -0.2) is 46.7 Å². The van der Waals surface area contributed by atoms with E-state index in [2.05, 4.69) is 25.5 Å². The van der Waals surface area contributed by atoms with Gasteiger partial charge in [0.2, 0.25) is 5.91 Å². The van der Waals surface area contributed by atoms with Crippen LogP contribution in [0.4, 0.5) is 5.69 Å². The van der Waals surface area contributed by atoms with Gasteiger partial charge in [0.05, 0.1) is 23.8 Å². The number of Topliss-reactive ketones (excluding diaryl/α,β-unsaturated/α-hetero) is 1. The van der Waals surface area contributed by atoms with Gasteiger partial charge in [-0.05, 0) is 37.6 Å². The number of hydrogen-bond acceptors (Lipinski definition) is 7. The fraction of sp³-hybridized carbons (Fsp3) is 0.273. The minimum Gasteiger partial charge on any atom is -0.334 e. The van der Waals surface area contributed by atoms with Crippen LogP contribution in [0.2, 0.25) is 0 Å². The van der Waals surface area contributed by atoms with Gasteiger partial charge in [-0.1, -0.05) is 23.9 Å². The first-order valence-corrected chi connectivity index (χ1v) is 11.1. The summed E-state index contributed by atoms with van der Waals surface area (Å²) in [5.41, 5.74) is 4.10. The highest BCUT2D eigenvalue weighted by molar-refractivity contribution is 7.99. The summed E-state index contributed by atoms with van der Waals surface area (Å²) in [7, 11) is 1.93. The predicted octanol–water partition coefficient (Wildman–Crippen LogP) is 3.11. The molecular weight excluding hydrogens is 426 g/mol. The van der Waals surface area contributed by atoms with Gasteiger partial charge in [0.1, 0.15) is 17.0 Å². The van der Waals surface area contributed by atoms with Crippen LogP contribution in [0.15, 0.2) is 48.0 Å². The Balaban J connectivity index is 1.43. The van der Waals surface area contributed by atoms with Crippen molar-refractivity contribution in [2.45, 2.75) is 32.0 Å². The second-order valence-electron chi connectivity index (χ2n) is 7.38. The SMILES string of the molecule is CCn1c(SCC(=O)Nc2ccc(CC(C)=O)cc2)nnc1-c1cc2c(cn1)ncn2C. The largest absolute Gasteiger partial charge is 0.334 e. The summed E-state index contributed by atoms with van der Waals surface area (Å²) >= 11 is 1.32. The number of carbonyl (C=O) groups excluding carboxylic acids is 2. The Bertz CT molecular complexity index is 1280. The summed E-state index contributed by atoms with van der Waals surface area (Å²) < 4.78 is 3.87. The maximum absolute atomic E-state index is 12.4. The number of aromatic nitrogens is 6. The van der Waals surface area contributed by atoms with Gasteiger partial charge < -0.3 is 14.5 Å². The van der Waals surface area contributed by atoms with Gasteiger partial charge >= 0.3 is 0 Å². The maximum atomic E-state index is 12.4. The van der Waals surface area contributed by atoms with Gasteiger partial charge in [-0.15, -0.1) is 10.2 Å². The van der Waals surface area contributed by atoms with Crippen molar-refractivity contribution in [3.05, 3.63) is 48.4 Å². The monoisotopic (exact) mass is 449 g/mol. The van der Waals surface area contributed by atoms with E-state index in [0.717, 1.165) is 16.6 Å². The number of nitrogens with one attached hydrogen (secondary N) is 1. The summed E-state index contributed by atoms with van der Waals surface area (Å²) in [6.45, 7) is 4.21. The number of carbonyl (C=O) groups is 2. The van der Waals surface area contributed by atoms with Crippen molar-refractivity contribution in [1.82, 2.24) is 29.3 Å². The summed E-state index contributed by atoms with van der Waals surface area (Å²) in [6, 6.07) is 9.23. The van der Waals surface area contributed by atoms with Gasteiger partial charge in [-0.3, -0.25) is 14.6 Å². The molecule has 0 radical (unpaired) electrons. The number of fused-ring (bicyclic) bond motifs is 1. The standard InChI is InChI=1S/C22H23N7O2S/c1-4-29-21(17-10-19-18(11-23-17)24-13-28(19)3)26-27-22(29)32-12-20(31)25-16-7-5-15(6-8-16)9-14(2)30/h5-8,10-11,13H,4,9,12H2,1-3H3,(H,25,31). The van der Waals surface area contributed by atoms with Crippen LogP contribution in [0.1, 0.15) is 19.4 Å². The van der Waals surface area contributed by atoms with Crippen molar-refractivity contribution in [2.24, 2.45) is 7.05 Å². The van der Waals surface area contributed by atoms with Crippen LogP contribution >= 0.6 is 11.8 Å². The minimum absolute atomic E-state index is 0.105. The Morgan fingerprint density at radius 3 is 2.62 bits per heavy atom. The zero-order chi connectivity index (χ0) is 22.7. The third-order valence-electron chi connectivity index (χ3n) is 4.90. The molecule has 10 heteroatoms. The summed E-state index contributed by atoms with van der Waals surface area (Å²) in [4.78, 5) is 32.4. The first-order chi connectivity index (χ1) is 15.4. The number of thioether (sulfide) groups is 1. The molecule has 0 saturated carbocycles. The second kappa shape index (κ2) is 9.31. The first-order valence-electron chi connectivity index (χ1n) is 10.2. The highest BCUT2D eigenvalue weighted by atomic mass is 32.2. The molecule has 0 saturated heterocycles. The Kier molecular flexibility index (Phi) is 6.31. The number of benzene rings is 1. The third-order valence-corrected chi connectivity index (χ3v) is 5.86. The molecule has 1 aromatic carbocycles. The first kappa shape index (κ1) is 21.7. The summed E-state index contributed by atoms with van der Waals surface area (Å²) in [5, 5.41) is 12.1. The van der Waals surface area contributed by atoms with E-state index in [1.165, 1.54) is 11.8 Å². The molecule has 0 spiro atoms. The van der Waals surface area contributed by atoms with Gasteiger partial charge in [0, 0.05) is 25.7 Å². The average Bonchev–Trinajstić information content (AvgIpc) is 3.36. The molecule has 4 aromatic rings. The second-order valence-corrected chi connectivity index (χ2v) is 8.32. The normalized spacial score (nSPS) is 11.1. The number of hydrogen-bond donors (Lipinski definition) is 1. The molecule has 1 amide bonds. The van der Waals surface area contributed by atoms with Crippen molar-refractivity contribution in [1.29, 1.82) is 0 Å². The van der Waals surface area contributed by atoms with Crippen molar-refractivity contribution in [3.63, 3.8) is 0 Å². The fourth-order valence-corrected chi connectivity index (χ4v) is 4.15. The number of nitrogens with zero attached hydrogens (tertiary/aromatic N) is 6. The molecule has 0 unspecified atom stereocenters. The molecule has 1 N–H and O–H groups in total. The van der Waals surface area contributed by atoms with Crippen molar-refractivity contribution >= 4 is 40.2 Å². The molecule has 164 valence electrons. The molecule has 0 aliphatic rings. The minimum atomic E-state index is -0.143. The highest BCUT2D eigenvalue weighted by Gasteiger charge is 2.17. The van der Waals surface area contributed by atoms with Crippen LogP contribution in [0.3, 0.4) is 0 Å². The van der Waals surface area contributed by atoms with Gasteiger partial charge in [0.15, 0.2) is 11.0 Å². The van der Waals surface area contributed by atoms with Gasteiger partial charge in [-0.25, -0.2) is 4.98 Å². The lowest BCUT2D eigenvalue weighted by molar-refractivity contribution is -0.116. The number of ketones is 1. The Morgan fingerprint density at radius 1 is 1.12 bits per heavy atom. The zero-order valence-electron chi connectivity index (χ0n) is 18.1. The third kappa shape index (κ3) is 4.70. The number of imidazole rings is 1. The van der Waals surface area contributed by atoms with E-state index in [1.54, 1.807) is 31.6 Å². The molecule has 0 aliphatic carbocycles. The molecular formula is C22H23N7O2S. The van der Waals surface area contributed by atoms with Gasteiger partial charge in [0.25, 0.3) is 0 Å². The number of anilines is 1. The number of rotatable bonds is 8. The summed E-state index contributed by atoms with van der Waals surface area (Å²) in [5.74, 6) is 0.810. The lowest BCUT2D eigenvalue weighted by Gasteiger charge is -2.08. The van der Waals surface area contributed by atoms with E-state index in [9.17, 15) is 9.59 Å². The van der Waals surface area contributed by atoms with Crippen LogP contribution in [0.25, 0.3) is 22.6 Å². The van der Waals surface area contributed by atoms with Crippen LogP contribution in [-0.2, 0) is 29.6 Å². The van der Waals surface area contributed by atoms with Crippen LogP contribution in [0.5, 0.6) is 0 Å². The van der Waals surface area contributed by atoms with Crippen molar-refractivity contribution in [3.8, 4) is 11.5 Å². The molecule has 32 heavy (non-hydrogen) atoms. The number of aryl methyl sites for hydroxylation is 1. The Labute approximate surface area is 189 Å². The van der Waals surface area contributed by atoms with E-state index in [1.807, 2.05) is 41.3 Å². The quantitative estimate of drug-likeness (QED) is 0.412. The highest BCUT2D eigenvalue weighted by Crippen LogP contribution is 2.25. The van der Waals surface area contributed by atoms with E-state index in [4.69, 9.17) is 0 Å². The van der Waals surface area contributed by atoms with Gasteiger partial charge in [-0.2, -0.15) is 0 Å².